The molecule has 3 amide bonds. The first-order chi connectivity index (χ1) is 18.8. The average molecular weight is 552 g/mol. The van der Waals surface area contributed by atoms with E-state index < -0.39 is 23.9 Å². The van der Waals surface area contributed by atoms with E-state index >= 15 is 0 Å². The van der Waals surface area contributed by atoms with Crippen molar-refractivity contribution in [2.75, 3.05) is 22.8 Å². The third kappa shape index (κ3) is 7.56. The number of hydrogen-bond donors (Lipinski definition) is 5. The molecule has 0 spiro atoms. The Bertz CT molecular complexity index is 1400. The van der Waals surface area contributed by atoms with Crippen molar-refractivity contribution in [3.63, 3.8) is 0 Å². The highest BCUT2D eigenvalue weighted by Gasteiger charge is 2.22. The van der Waals surface area contributed by atoms with Crippen molar-refractivity contribution >= 4 is 59.0 Å². The van der Waals surface area contributed by atoms with Gasteiger partial charge in [0.25, 0.3) is 0 Å². The lowest BCUT2D eigenvalue weighted by atomic mass is 10.1. The summed E-state index contributed by atoms with van der Waals surface area (Å²) in [4.78, 5) is 37.5. The van der Waals surface area contributed by atoms with Crippen molar-refractivity contribution in [1.82, 2.24) is 26.2 Å². The molecular weight excluding hydrogens is 526 g/mol. The van der Waals surface area contributed by atoms with Crippen molar-refractivity contribution in [3.05, 3.63) is 77.1 Å². The largest absolute Gasteiger partial charge is 0.453 e. The van der Waals surface area contributed by atoms with Gasteiger partial charge >= 0.3 is 6.09 Å². The number of halogens is 1. The molecule has 39 heavy (non-hydrogen) atoms. The molecule has 13 nitrogen and oxygen atoms in total. The summed E-state index contributed by atoms with van der Waals surface area (Å²) in [6.07, 6.45) is 5.76. The second-order valence-corrected chi connectivity index (χ2v) is 8.74. The molecule has 14 heteroatoms. The van der Waals surface area contributed by atoms with E-state index in [9.17, 15) is 14.4 Å². The van der Waals surface area contributed by atoms with Crippen molar-refractivity contribution in [2.24, 2.45) is 12.1 Å². The topological polar surface area (TPSA) is 154 Å². The molecule has 5 N–H and O–H groups in total. The number of hydrazone groups is 1. The van der Waals surface area contributed by atoms with E-state index in [-0.39, 0.29) is 6.42 Å². The Morgan fingerprint density at radius 1 is 1.10 bits per heavy atom. The molecule has 202 valence electrons. The predicted molar refractivity (Wildman–Crippen MR) is 148 cm³/mol. The number of methoxy groups -OCH3 is 1. The molecule has 0 aliphatic carbocycles. The highest BCUT2D eigenvalue weighted by Crippen LogP contribution is 2.24. The van der Waals surface area contributed by atoms with E-state index in [0.717, 1.165) is 0 Å². The molecule has 0 saturated carbocycles. The third-order valence-electron chi connectivity index (χ3n) is 5.47. The molecule has 0 fully saturated rings. The number of carbonyl (C=O) groups excluding carboxylic acids is 3. The molecule has 1 aromatic heterocycles. The monoisotopic (exact) mass is 551 g/mol. The molecule has 4 rings (SSSR count). The maximum absolute atomic E-state index is 13.2. The smallest absolute Gasteiger partial charge is 0.411 e. The van der Waals surface area contributed by atoms with Gasteiger partial charge in [0.2, 0.25) is 11.8 Å². The van der Waals surface area contributed by atoms with E-state index in [4.69, 9.17) is 11.6 Å². The molecule has 1 aliphatic rings. The summed E-state index contributed by atoms with van der Waals surface area (Å²) in [5.74, 6) is -0.932. The molecule has 0 unspecified atom stereocenters. The highest BCUT2D eigenvalue weighted by molar-refractivity contribution is 6.30. The molecule has 0 saturated heterocycles. The van der Waals surface area contributed by atoms with E-state index in [1.807, 2.05) is 0 Å². The number of amides is 3. The normalized spacial score (nSPS) is 13.2. The van der Waals surface area contributed by atoms with Crippen LogP contribution in [0.25, 0.3) is 6.08 Å². The highest BCUT2D eigenvalue weighted by atomic mass is 35.5. The van der Waals surface area contributed by atoms with Crippen LogP contribution in [0.2, 0.25) is 5.02 Å². The fraction of sp³-hybridized carbons (Fsp3) is 0.160. The van der Waals surface area contributed by atoms with Gasteiger partial charge in [-0.15, -0.1) is 5.53 Å². The molecule has 0 radical (unpaired) electrons. The number of nitrogens with zero attached hydrogens (tertiary/aromatic N) is 4. The number of carbonyl (C=O) groups is 3. The number of ether oxygens (including phenoxy) is 1. The lowest BCUT2D eigenvalue weighted by molar-refractivity contribution is -0.123. The lowest BCUT2D eigenvalue weighted by Gasteiger charge is -2.18. The van der Waals surface area contributed by atoms with Crippen molar-refractivity contribution in [1.29, 1.82) is 0 Å². The van der Waals surface area contributed by atoms with Crippen LogP contribution in [0.4, 0.5) is 21.9 Å². The molecule has 2 heterocycles. The van der Waals surface area contributed by atoms with E-state index in [2.05, 4.69) is 42.0 Å². The zero-order chi connectivity index (χ0) is 27.8. The summed E-state index contributed by atoms with van der Waals surface area (Å²) in [6, 6.07) is 12.5. The van der Waals surface area contributed by atoms with Crippen LogP contribution in [-0.2, 0) is 27.8 Å². The van der Waals surface area contributed by atoms with Gasteiger partial charge in [-0.1, -0.05) is 11.6 Å². The second kappa shape index (κ2) is 12.6. The SMILES string of the molecule is COC(=O)Nc1ccc(NC(=O)[C@H](Cc2ccn(C)n2)NC(=O)/C=C/c2cc(Cl)ccc2N2C=NNN2)cc1. The van der Waals surface area contributed by atoms with Gasteiger partial charge in [0.1, 0.15) is 12.4 Å². The Balaban J connectivity index is 1.47. The number of rotatable bonds is 9. The quantitative estimate of drug-likeness (QED) is 0.254. The lowest BCUT2D eigenvalue weighted by Crippen LogP contribution is -2.44. The Hall–Kier alpha value is -4.88. The van der Waals surface area contributed by atoms with Gasteiger partial charge < -0.3 is 15.4 Å². The van der Waals surface area contributed by atoms with E-state index in [1.165, 1.54) is 19.5 Å². The van der Waals surface area contributed by atoms with E-state index in [1.54, 1.807) is 77.5 Å². The van der Waals surface area contributed by atoms with Crippen LogP contribution >= 0.6 is 11.6 Å². The van der Waals surface area contributed by atoms with Crippen LogP contribution in [0.5, 0.6) is 0 Å². The molecule has 1 aliphatic heterocycles. The van der Waals surface area contributed by atoms with Gasteiger partial charge in [-0.2, -0.15) is 10.2 Å². The summed E-state index contributed by atoms with van der Waals surface area (Å²) >= 11 is 6.16. The Morgan fingerprint density at radius 2 is 1.85 bits per heavy atom. The number of anilines is 3. The van der Waals surface area contributed by atoms with Gasteiger partial charge in [0.15, 0.2) is 0 Å². The minimum Gasteiger partial charge on any atom is -0.453 e. The van der Waals surface area contributed by atoms with Gasteiger partial charge in [0, 0.05) is 47.7 Å². The van der Waals surface area contributed by atoms with Gasteiger partial charge in [-0.25, -0.2) is 15.3 Å². The molecule has 2 aromatic carbocycles. The number of hydrazine groups is 2. The van der Waals surface area contributed by atoms with E-state index in [0.29, 0.717) is 33.3 Å². The summed E-state index contributed by atoms with van der Waals surface area (Å²) in [5.41, 5.74) is 8.38. The number of nitrogens with one attached hydrogen (secondary N) is 5. The Morgan fingerprint density at radius 3 is 2.49 bits per heavy atom. The van der Waals surface area contributed by atoms with Crippen LogP contribution in [0.3, 0.4) is 0 Å². The van der Waals surface area contributed by atoms with Crippen LogP contribution in [0.1, 0.15) is 11.3 Å². The van der Waals surface area contributed by atoms with Gasteiger partial charge in [0.05, 0.1) is 18.5 Å². The number of aryl methyl sites for hydroxylation is 1. The average Bonchev–Trinajstić information content (AvgIpc) is 3.60. The molecular formula is C25H26ClN9O4. The first kappa shape index (κ1) is 27.2. The number of benzene rings is 2. The number of aromatic nitrogens is 2. The van der Waals surface area contributed by atoms with Crippen LogP contribution in [-0.4, -0.2) is 47.2 Å². The van der Waals surface area contributed by atoms with Crippen LogP contribution in [0, 0.1) is 0 Å². The first-order valence-electron chi connectivity index (χ1n) is 11.7. The Kier molecular flexibility index (Phi) is 8.76. The fourth-order valence-electron chi connectivity index (χ4n) is 3.61. The first-order valence-corrected chi connectivity index (χ1v) is 12.0. The molecule has 0 bridgehead atoms. The number of hydrogen-bond acceptors (Lipinski definition) is 9. The second-order valence-electron chi connectivity index (χ2n) is 8.30. The summed E-state index contributed by atoms with van der Waals surface area (Å²) < 4.78 is 6.18. The third-order valence-corrected chi connectivity index (χ3v) is 5.71. The standard InChI is InChI=1S/C25H26ClN9O4/c1-34-12-11-20(31-34)14-21(24(37)28-18-5-7-19(8-6-18)29-25(38)39-2)30-23(36)10-3-16-13-17(26)4-9-22(16)35-15-27-32-33-35/h3-13,15,21,32-33H,14H2,1-2H3,(H,28,37)(H,29,38)(H,30,36)/b10-3+/t21-/m0/s1. The summed E-state index contributed by atoms with van der Waals surface area (Å²) in [6.45, 7) is 0. The van der Waals surface area contributed by atoms with Crippen molar-refractivity contribution < 1.29 is 19.1 Å². The van der Waals surface area contributed by atoms with Crippen LogP contribution in [0.15, 0.2) is 65.9 Å². The minimum atomic E-state index is -0.930. The minimum absolute atomic E-state index is 0.163. The fourth-order valence-corrected chi connectivity index (χ4v) is 3.79. The van der Waals surface area contributed by atoms with Gasteiger partial charge in [-0.3, -0.25) is 19.6 Å². The maximum atomic E-state index is 13.2. The van der Waals surface area contributed by atoms with Gasteiger partial charge in [-0.05, 0) is 54.6 Å². The molecule has 1 atom stereocenters. The van der Waals surface area contributed by atoms with Crippen molar-refractivity contribution in [2.45, 2.75) is 12.5 Å². The summed E-state index contributed by atoms with van der Waals surface area (Å²) in [7, 11) is 3.03. The zero-order valence-electron chi connectivity index (χ0n) is 21.0. The predicted octanol–water partition coefficient (Wildman–Crippen LogP) is 2.40. The summed E-state index contributed by atoms with van der Waals surface area (Å²) in [5, 5.41) is 18.4. The van der Waals surface area contributed by atoms with Crippen LogP contribution < -0.4 is 32.0 Å². The Labute approximate surface area is 228 Å². The van der Waals surface area contributed by atoms with Crippen molar-refractivity contribution in [3.8, 4) is 0 Å². The molecule has 3 aromatic rings. The maximum Gasteiger partial charge on any atom is 0.411 e. The zero-order valence-corrected chi connectivity index (χ0v) is 21.8.